The molecule has 0 spiro atoms. The lowest BCUT2D eigenvalue weighted by molar-refractivity contribution is 0.309. The summed E-state index contributed by atoms with van der Waals surface area (Å²) >= 11 is 1.19. The third-order valence-corrected chi connectivity index (χ3v) is 7.40. The van der Waals surface area contributed by atoms with Crippen molar-refractivity contribution in [1.29, 1.82) is 0 Å². The Kier molecular flexibility index (Phi) is 9.31. The zero-order valence-corrected chi connectivity index (χ0v) is 24.8. The van der Waals surface area contributed by atoms with Gasteiger partial charge < -0.3 is 18.9 Å². The standard InChI is InChI=1S/C33H35N3O4S/c1-5-7-19-39-25-14-9-22(10-15-25)29-30(24-13-18-27(37-3)28(21-24)38-4)34-31(33-32(29)35-41-36-33)23-11-16-26(17-12-23)40-20-8-6-2/h9-18,21H,5-8,19-20H2,1-4H3. The maximum atomic E-state index is 5.92. The fourth-order valence-corrected chi connectivity index (χ4v) is 5.16. The van der Waals surface area contributed by atoms with E-state index in [4.69, 9.17) is 32.7 Å². The first kappa shape index (κ1) is 28.4. The number of ether oxygens (including phenoxy) is 4. The Bertz CT molecular complexity index is 1580. The molecule has 8 heteroatoms. The highest BCUT2D eigenvalue weighted by molar-refractivity contribution is 7.00. The SMILES string of the molecule is CCCCOc1ccc(-c2nc(-c3ccc(OC)c(OC)c3)c(-c3ccc(OCCCC)cc3)c3nsnc23)cc1. The maximum Gasteiger partial charge on any atom is 0.161 e. The maximum absolute atomic E-state index is 5.92. The topological polar surface area (TPSA) is 75.6 Å². The average Bonchev–Trinajstić information content (AvgIpc) is 3.51. The van der Waals surface area contributed by atoms with Crippen LogP contribution in [-0.2, 0) is 0 Å². The molecule has 0 unspecified atom stereocenters. The number of pyridine rings is 1. The molecule has 5 aromatic rings. The van der Waals surface area contributed by atoms with Crippen molar-refractivity contribution in [3.05, 3.63) is 66.7 Å². The summed E-state index contributed by atoms with van der Waals surface area (Å²) in [5.41, 5.74) is 6.82. The van der Waals surface area contributed by atoms with E-state index in [0.29, 0.717) is 24.7 Å². The highest BCUT2D eigenvalue weighted by Gasteiger charge is 2.22. The molecule has 0 amide bonds. The van der Waals surface area contributed by atoms with Crippen LogP contribution in [0.3, 0.4) is 0 Å². The molecule has 5 rings (SSSR count). The molecular formula is C33H35N3O4S. The second-order valence-corrected chi connectivity index (χ2v) is 10.2. The van der Waals surface area contributed by atoms with Gasteiger partial charge >= 0.3 is 0 Å². The highest BCUT2D eigenvalue weighted by atomic mass is 32.1. The molecule has 0 aliphatic rings. The third kappa shape index (κ3) is 6.28. The zero-order chi connectivity index (χ0) is 28.6. The molecule has 0 aliphatic heterocycles. The van der Waals surface area contributed by atoms with Crippen molar-refractivity contribution in [2.24, 2.45) is 0 Å². The molecule has 0 saturated carbocycles. The fraction of sp³-hybridized carbons (Fsp3) is 0.303. The normalized spacial score (nSPS) is 11.0. The molecule has 2 aromatic heterocycles. The van der Waals surface area contributed by atoms with Crippen molar-refractivity contribution in [1.82, 2.24) is 13.7 Å². The van der Waals surface area contributed by atoms with E-state index >= 15 is 0 Å². The third-order valence-electron chi connectivity index (χ3n) is 6.87. The zero-order valence-electron chi connectivity index (χ0n) is 24.0. The van der Waals surface area contributed by atoms with E-state index in [-0.39, 0.29) is 0 Å². The predicted molar refractivity (Wildman–Crippen MR) is 165 cm³/mol. The molecule has 0 N–H and O–H groups in total. The van der Waals surface area contributed by atoms with Gasteiger partial charge in [0.1, 0.15) is 28.2 Å². The minimum atomic E-state index is 0.629. The molecule has 0 atom stereocenters. The number of unbranched alkanes of at least 4 members (excludes halogenated alkanes) is 2. The Morgan fingerprint density at radius 2 is 1.17 bits per heavy atom. The number of aromatic nitrogens is 3. The van der Waals surface area contributed by atoms with Gasteiger partial charge in [-0.1, -0.05) is 38.8 Å². The molecule has 0 radical (unpaired) electrons. The van der Waals surface area contributed by atoms with Crippen LogP contribution >= 0.6 is 11.7 Å². The number of fused-ring (bicyclic) bond motifs is 1. The molecule has 7 nitrogen and oxygen atoms in total. The molecule has 212 valence electrons. The van der Waals surface area contributed by atoms with Gasteiger partial charge in [0.25, 0.3) is 0 Å². The van der Waals surface area contributed by atoms with Crippen LogP contribution in [-0.4, -0.2) is 41.2 Å². The summed E-state index contributed by atoms with van der Waals surface area (Å²) < 4.78 is 32.4. The van der Waals surface area contributed by atoms with E-state index in [2.05, 4.69) is 26.0 Å². The van der Waals surface area contributed by atoms with Gasteiger partial charge in [-0.2, -0.15) is 8.75 Å². The summed E-state index contributed by atoms with van der Waals surface area (Å²) in [4.78, 5) is 5.24. The fourth-order valence-electron chi connectivity index (χ4n) is 4.60. The van der Waals surface area contributed by atoms with Gasteiger partial charge in [0.05, 0.1) is 44.9 Å². The Balaban J connectivity index is 1.65. The lowest BCUT2D eigenvalue weighted by Crippen LogP contribution is -1.99. The van der Waals surface area contributed by atoms with Gasteiger partial charge in [-0.3, -0.25) is 0 Å². The summed E-state index contributed by atoms with van der Waals surface area (Å²) in [5, 5.41) is 0. The summed E-state index contributed by atoms with van der Waals surface area (Å²) in [6.45, 7) is 5.71. The van der Waals surface area contributed by atoms with Crippen LogP contribution in [0.2, 0.25) is 0 Å². The summed E-state index contributed by atoms with van der Waals surface area (Å²) in [7, 11) is 3.27. The molecule has 0 fully saturated rings. The Morgan fingerprint density at radius 3 is 1.76 bits per heavy atom. The quantitative estimate of drug-likeness (QED) is 0.132. The van der Waals surface area contributed by atoms with E-state index in [1.54, 1.807) is 14.2 Å². The lowest BCUT2D eigenvalue weighted by atomic mass is 9.95. The molecule has 0 saturated heterocycles. The van der Waals surface area contributed by atoms with Crippen molar-refractivity contribution < 1.29 is 18.9 Å². The van der Waals surface area contributed by atoms with Crippen LogP contribution in [0.4, 0.5) is 0 Å². The summed E-state index contributed by atoms with van der Waals surface area (Å²) in [6, 6.07) is 22.0. The Labute approximate surface area is 245 Å². The van der Waals surface area contributed by atoms with Crippen LogP contribution in [0.15, 0.2) is 66.7 Å². The second-order valence-electron chi connectivity index (χ2n) is 9.67. The lowest BCUT2D eigenvalue weighted by Gasteiger charge is -2.16. The molecular weight excluding hydrogens is 534 g/mol. The van der Waals surface area contributed by atoms with Gasteiger partial charge in [-0.25, -0.2) is 4.98 Å². The molecule has 2 heterocycles. The Hall–Kier alpha value is -4.17. The van der Waals surface area contributed by atoms with E-state index in [1.807, 2.05) is 54.6 Å². The first-order valence-electron chi connectivity index (χ1n) is 14.0. The van der Waals surface area contributed by atoms with Crippen LogP contribution in [0.5, 0.6) is 23.0 Å². The number of methoxy groups -OCH3 is 2. The van der Waals surface area contributed by atoms with Crippen molar-refractivity contribution >= 4 is 22.8 Å². The summed E-state index contributed by atoms with van der Waals surface area (Å²) in [5.74, 6) is 2.96. The minimum absolute atomic E-state index is 0.629. The van der Waals surface area contributed by atoms with Gasteiger partial charge in [-0.05, 0) is 73.0 Å². The monoisotopic (exact) mass is 569 g/mol. The van der Waals surface area contributed by atoms with Crippen LogP contribution in [0.1, 0.15) is 39.5 Å². The first-order valence-corrected chi connectivity index (χ1v) is 14.7. The van der Waals surface area contributed by atoms with Crippen molar-refractivity contribution in [3.8, 4) is 56.6 Å². The molecule has 3 aromatic carbocycles. The van der Waals surface area contributed by atoms with Crippen molar-refractivity contribution in [2.45, 2.75) is 39.5 Å². The molecule has 41 heavy (non-hydrogen) atoms. The van der Waals surface area contributed by atoms with Crippen LogP contribution in [0.25, 0.3) is 44.7 Å². The van der Waals surface area contributed by atoms with Gasteiger partial charge in [0.2, 0.25) is 0 Å². The van der Waals surface area contributed by atoms with Gasteiger partial charge in [0, 0.05) is 16.7 Å². The predicted octanol–water partition coefficient (Wildman–Crippen LogP) is 8.46. The summed E-state index contributed by atoms with van der Waals surface area (Å²) in [6.07, 6.45) is 4.23. The second kappa shape index (κ2) is 13.5. The van der Waals surface area contributed by atoms with Crippen LogP contribution in [0, 0.1) is 0 Å². The van der Waals surface area contributed by atoms with Gasteiger partial charge in [-0.15, -0.1) is 0 Å². The largest absolute Gasteiger partial charge is 0.494 e. The average molecular weight is 570 g/mol. The van der Waals surface area contributed by atoms with Gasteiger partial charge in [0.15, 0.2) is 11.5 Å². The smallest absolute Gasteiger partial charge is 0.161 e. The number of hydrogen-bond acceptors (Lipinski definition) is 8. The van der Waals surface area contributed by atoms with E-state index in [0.717, 1.165) is 81.9 Å². The Morgan fingerprint density at radius 1 is 0.610 bits per heavy atom. The molecule has 0 bridgehead atoms. The van der Waals surface area contributed by atoms with Crippen molar-refractivity contribution in [2.75, 3.05) is 27.4 Å². The molecule has 0 aliphatic carbocycles. The first-order chi connectivity index (χ1) is 20.2. The number of benzene rings is 3. The minimum Gasteiger partial charge on any atom is -0.494 e. The van der Waals surface area contributed by atoms with E-state index in [1.165, 1.54) is 11.7 Å². The number of hydrogen-bond donors (Lipinski definition) is 0. The number of nitrogens with zero attached hydrogens (tertiary/aromatic N) is 3. The van der Waals surface area contributed by atoms with Crippen LogP contribution < -0.4 is 18.9 Å². The van der Waals surface area contributed by atoms with Crippen molar-refractivity contribution in [3.63, 3.8) is 0 Å². The number of rotatable bonds is 13. The highest BCUT2D eigenvalue weighted by Crippen LogP contribution is 2.42. The van der Waals surface area contributed by atoms with E-state index in [9.17, 15) is 0 Å². The van der Waals surface area contributed by atoms with E-state index < -0.39 is 0 Å².